The van der Waals surface area contributed by atoms with Crippen molar-refractivity contribution >= 4 is 0 Å². The van der Waals surface area contributed by atoms with Crippen molar-refractivity contribution in [3.8, 4) is 5.75 Å². The minimum atomic E-state index is 0.473. The van der Waals surface area contributed by atoms with Crippen molar-refractivity contribution in [1.29, 1.82) is 0 Å². The van der Waals surface area contributed by atoms with Crippen LogP contribution in [0.3, 0.4) is 0 Å². The maximum Gasteiger partial charge on any atom is 0.119 e. The normalized spacial score (nSPS) is 20.1. The molecule has 0 saturated heterocycles. The van der Waals surface area contributed by atoms with Crippen molar-refractivity contribution in [3.05, 3.63) is 42.0 Å². The SMILES string of the molecule is COc1cccc(C(CCC2C=CCCC2)N(C)C)c1. The van der Waals surface area contributed by atoms with E-state index < -0.39 is 0 Å². The van der Waals surface area contributed by atoms with E-state index in [0.717, 1.165) is 11.7 Å². The third-order valence-electron chi connectivity index (χ3n) is 4.27. The van der Waals surface area contributed by atoms with Crippen molar-refractivity contribution in [3.63, 3.8) is 0 Å². The Morgan fingerprint density at radius 1 is 1.35 bits per heavy atom. The number of hydrogen-bond acceptors (Lipinski definition) is 2. The molecule has 0 amide bonds. The van der Waals surface area contributed by atoms with Crippen LogP contribution in [0.15, 0.2) is 36.4 Å². The van der Waals surface area contributed by atoms with Gasteiger partial charge in [-0.15, -0.1) is 0 Å². The molecule has 0 spiro atoms. The average molecular weight is 273 g/mol. The van der Waals surface area contributed by atoms with Crippen LogP contribution in [0.2, 0.25) is 0 Å². The molecule has 2 atom stereocenters. The molecule has 0 radical (unpaired) electrons. The van der Waals surface area contributed by atoms with Crippen LogP contribution in [0.5, 0.6) is 5.75 Å². The molecule has 1 aliphatic carbocycles. The second-order valence-corrected chi connectivity index (χ2v) is 5.95. The number of rotatable bonds is 6. The average Bonchev–Trinajstić information content (AvgIpc) is 2.48. The number of benzene rings is 1. The Kier molecular flexibility index (Phi) is 5.66. The van der Waals surface area contributed by atoms with E-state index in [1.54, 1.807) is 7.11 Å². The second-order valence-electron chi connectivity index (χ2n) is 5.95. The number of hydrogen-bond donors (Lipinski definition) is 0. The Morgan fingerprint density at radius 2 is 2.20 bits per heavy atom. The molecule has 2 unspecified atom stereocenters. The first kappa shape index (κ1) is 15.1. The molecule has 0 heterocycles. The summed E-state index contributed by atoms with van der Waals surface area (Å²) in [6, 6.07) is 8.96. The maximum absolute atomic E-state index is 5.35. The number of allylic oxidation sites excluding steroid dienone is 2. The highest BCUT2D eigenvalue weighted by atomic mass is 16.5. The molecule has 0 saturated carbocycles. The summed E-state index contributed by atoms with van der Waals surface area (Å²) in [5.74, 6) is 1.73. The van der Waals surface area contributed by atoms with Crippen LogP contribution in [-0.4, -0.2) is 26.1 Å². The monoisotopic (exact) mass is 273 g/mol. The molecule has 0 N–H and O–H groups in total. The molecule has 2 heteroatoms. The molecular weight excluding hydrogens is 246 g/mol. The first-order valence-electron chi connectivity index (χ1n) is 7.67. The molecule has 0 aliphatic heterocycles. The summed E-state index contributed by atoms with van der Waals surface area (Å²) in [6.45, 7) is 0. The van der Waals surface area contributed by atoms with E-state index in [4.69, 9.17) is 4.74 Å². The quantitative estimate of drug-likeness (QED) is 0.711. The Hall–Kier alpha value is -1.28. The maximum atomic E-state index is 5.35. The van der Waals surface area contributed by atoms with Crippen LogP contribution in [0.1, 0.15) is 43.7 Å². The van der Waals surface area contributed by atoms with Gasteiger partial charge >= 0.3 is 0 Å². The van der Waals surface area contributed by atoms with Gasteiger partial charge in [-0.2, -0.15) is 0 Å². The number of nitrogens with zero attached hydrogens (tertiary/aromatic N) is 1. The van der Waals surface area contributed by atoms with E-state index in [0.29, 0.717) is 6.04 Å². The molecule has 1 aromatic rings. The highest BCUT2D eigenvalue weighted by molar-refractivity contribution is 5.30. The lowest BCUT2D eigenvalue weighted by Crippen LogP contribution is -2.21. The lowest BCUT2D eigenvalue weighted by molar-refractivity contribution is 0.266. The fraction of sp³-hybridized carbons (Fsp3) is 0.556. The Balaban J connectivity index is 2.02. The third kappa shape index (κ3) is 4.11. The van der Waals surface area contributed by atoms with Gasteiger partial charge in [0.1, 0.15) is 5.75 Å². The molecule has 0 fully saturated rings. The highest BCUT2D eigenvalue weighted by Crippen LogP contribution is 2.30. The van der Waals surface area contributed by atoms with Crippen LogP contribution in [-0.2, 0) is 0 Å². The van der Waals surface area contributed by atoms with Gasteiger partial charge in [0.2, 0.25) is 0 Å². The van der Waals surface area contributed by atoms with Crippen molar-refractivity contribution in [2.45, 2.75) is 38.1 Å². The van der Waals surface area contributed by atoms with Gasteiger partial charge in [-0.1, -0.05) is 24.3 Å². The zero-order valence-corrected chi connectivity index (χ0v) is 13.0. The largest absolute Gasteiger partial charge is 0.497 e. The summed E-state index contributed by atoms with van der Waals surface area (Å²) >= 11 is 0. The zero-order chi connectivity index (χ0) is 14.4. The third-order valence-corrected chi connectivity index (χ3v) is 4.27. The molecule has 110 valence electrons. The highest BCUT2D eigenvalue weighted by Gasteiger charge is 2.17. The molecule has 2 nitrogen and oxygen atoms in total. The van der Waals surface area contributed by atoms with Crippen molar-refractivity contribution in [2.24, 2.45) is 5.92 Å². The minimum Gasteiger partial charge on any atom is -0.497 e. The van der Waals surface area contributed by atoms with Crippen LogP contribution in [0.25, 0.3) is 0 Å². The van der Waals surface area contributed by atoms with Gasteiger partial charge in [0.15, 0.2) is 0 Å². The summed E-state index contributed by atoms with van der Waals surface area (Å²) in [4.78, 5) is 2.32. The first-order valence-corrected chi connectivity index (χ1v) is 7.67. The number of ether oxygens (including phenoxy) is 1. The molecular formula is C18H27NO. The summed E-state index contributed by atoms with van der Waals surface area (Å²) in [7, 11) is 6.07. The van der Waals surface area contributed by atoms with Crippen LogP contribution in [0, 0.1) is 5.92 Å². The topological polar surface area (TPSA) is 12.5 Å². The molecule has 1 aromatic carbocycles. The van der Waals surface area contributed by atoms with Crippen molar-refractivity contribution in [2.75, 3.05) is 21.2 Å². The second kappa shape index (κ2) is 7.49. The van der Waals surface area contributed by atoms with Crippen LogP contribution < -0.4 is 4.74 Å². The molecule has 1 aliphatic rings. The van der Waals surface area contributed by atoms with E-state index >= 15 is 0 Å². The van der Waals surface area contributed by atoms with Gasteiger partial charge in [-0.25, -0.2) is 0 Å². The van der Waals surface area contributed by atoms with E-state index in [1.807, 2.05) is 6.07 Å². The predicted octanol–water partition coefficient (Wildman–Crippen LogP) is 4.43. The van der Waals surface area contributed by atoms with Gasteiger partial charge in [0.25, 0.3) is 0 Å². The van der Waals surface area contributed by atoms with Gasteiger partial charge in [-0.3, -0.25) is 0 Å². The van der Waals surface area contributed by atoms with Gasteiger partial charge in [0.05, 0.1) is 7.11 Å². The minimum absolute atomic E-state index is 0.473. The van der Waals surface area contributed by atoms with E-state index in [-0.39, 0.29) is 0 Å². The Labute approximate surface area is 123 Å². The van der Waals surface area contributed by atoms with Crippen LogP contribution in [0.4, 0.5) is 0 Å². The predicted molar refractivity (Wildman–Crippen MR) is 85.1 cm³/mol. The molecule has 20 heavy (non-hydrogen) atoms. The van der Waals surface area contributed by atoms with Gasteiger partial charge in [-0.05, 0) is 69.8 Å². The Bertz CT molecular complexity index is 439. The standard InChI is InChI=1S/C18H27NO/c1-19(2)18(13-12-15-8-5-4-6-9-15)16-10-7-11-17(14-16)20-3/h5,7-8,10-11,14-15,18H,4,6,9,12-13H2,1-3H3. The zero-order valence-electron chi connectivity index (χ0n) is 13.0. The van der Waals surface area contributed by atoms with Gasteiger partial charge < -0.3 is 9.64 Å². The first-order chi connectivity index (χ1) is 9.70. The molecule has 0 bridgehead atoms. The van der Waals surface area contributed by atoms with Crippen LogP contribution >= 0.6 is 0 Å². The Morgan fingerprint density at radius 3 is 2.85 bits per heavy atom. The number of methoxy groups -OCH3 is 1. The lowest BCUT2D eigenvalue weighted by atomic mass is 9.89. The van der Waals surface area contributed by atoms with Crippen molar-refractivity contribution in [1.82, 2.24) is 4.90 Å². The molecule has 2 rings (SSSR count). The summed E-state index contributed by atoms with van der Waals surface area (Å²) < 4.78 is 5.35. The summed E-state index contributed by atoms with van der Waals surface area (Å²) in [6.07, 6.45) is 11.2. The smallest absolute Gasteiger partial charge is 0.119 e. The fourth-order valence-electron chi connectivity index (χ4n) is 3.07. The lowest BCUT2D eigenvalue weighted by Gasteiger charge is -2.27. The summed E-state index contributed by atoms with van der Waals surface area (Å²) in [5, 5.41) is 0. The summed E-state index contributed by atoms with van der Waals surface area (Å²) in [5.41, 5.74) is 1.36. The fourth-order valence-corrected chi connectivity index (χ4v) is 3.07. The van der Waals surface area contributed by atoms with E-state index in [9.17, 15) is 0 Å². The van der Waals surface area contributed by atoms with Crippen molar-refractivity contribution < 1.29 is 4.74 Å². The van der Waals surface area contributed by atoms with E-state index in [1.165, 1.54) is 37.7 Å². The molecule has 0 aromatic heterocycles. The van der Waals surface area contributed by atoms with E-state index in [2.05, 4.69) is 49.3 Å². The van der Waals surface area contributed by atoms with Gasteiger partial charge in [0, 0.05) is 6.04 Å².